The number of hydrogen-bond acceptors (Lipinski definition) is 4. The summed E-state index contributed by atoms with van der Waals surface area (Å²) in [4.78, 5) is 22.8. The van der Waals surface area contributed by atoms with Gasteiger partial charge in [-0.05, 0) is 42.5 Å². The zero-order chi connectivity index (χ0) is 24.3. The number of carbonyl (C=O) groups is 1. The first-order valence-corrected chi connectivity index (χ1v) is 9.90. The highest BCUT2D eigenvalue weighted by molar-refractivity contribution is 6.07. The molecule has 2 N–H and O–H groups in total. The Kier molecular flexibility index (Phi) is 6.05. The van der Waals surface area contributed by atoms with Crippen molar-refractivity contribution in [3.8, 4) is 11.5 Å². The third-order valence-electron chi connectivity index (χ3n) is 4.85. The lowest BCUT2D eigenvalue weighted by Crippen LogP contribution is -2.20. The van der Waals surface area contributed by atoms with Crippen LogP contribution in [-0.2, 0) is 6.18 Å². The lowest BCUT2D eigenvalue weighted by molar-refractivity contribution is -0.384. The number of benzene rings is 4. The van der Waals surface area contributed by atoms with Gasteiger partial charge in [-0.3, -0.25) is 10.1 Å². The molecule has 4 aromatic carbocycles. The number of fused-ring (bicyclic) bond motifs is 1. The van der Waals surface area contributed by atoms with Crippen molar-refractivity contribution in [3.05, 3.63) is 101 Å². The Labute approximate surface area is 190 Å². The van der Waals surface area contributed by atoms with Crippen molar-refractivity contribution < 1.29 is 27.6 Å². The molecule has 0 aliphatic rings. The molecule has 10 heteroatoms. The van der Waals surface area contributed by atoms with Gasteiger partial charge in [0.2, 0.25) is 0 Å². The monoisotopic (exact) mass is 467 g/mol. The minimum atomic E-state index is -4.52. The standard InChI is InChI=1S/C24H16F3N3O4/c25-24(26,27)15-4-1-5-16(14-15)28-23(31)29-21-8-2-7-20-19(21)6-3-9-22(20)34-18-12-10-17(11-13-18)30(32)33/h1-14H,(H2,28,29,31). The first-order chi connectivity index (χ1) is 16.2. The number of non-ortho nitro benzene ring substituents is 1. The molecule has 172 valence electrons. The fourth-order valence-corrected chi connectivity index (χ4v) is 3.30. The van der Waals surface area contributed by atoms with Crippen molar-refractivity contribution in [3.63, 3.8) is 0 Å². The molecule has 0 aliphatic heterocycles. The van der Waals surface area contributed by atoms with Gasteiger partial charge in [-0.15, -0.1) is 0 Å². The summed E-state index contributed by atoms with van der Waals surface area (Å²) in [5.74, 6) is 0.840. The zero-order valence-electron chi connectivity index (χ0n) is 17.3. The molecule has 0 heterocycles. The maximum Gasteiger partial charge on any atom is 0.416 e. The van der Waals surface area contributed by atoms with Crippen molar-refractivity contribution in [1.29, 1.82) is 0 Å². The number of hydrogen-bond donors (Lipinski definition) is 2. The van der Waals surface area contributed by atoms with Crippen molar-refractivity contribution in [2.24, 2.45) is 0 Å². The highest BCUT2D eigenvalue weighted by atomic mass is 19.4. The number of carbonyl (C=O) groups excluding carboxylic acids is 1. The third-order valence-corrected chi connectivity index (χ3v) is 4.85. The van der Waals surface area contributed by atoms with Gasteiger partial charge in [0.1, 0.15) is 11.5 Å². The third kappa shape index (κ3) is 5.07. The van der Waals surface area contributed by atoms with Crippen LogP contribution in [0.25, 0.3) is 10.8 Å². The molecule has 0 atom stereocenters. The SMILES string of the molecule is O=C(Nc1cccc(C(F)(F)F)c1)Nc1cccc2c(Oc3ccc([N+](=O)[O-])cc3)cccc12. The summed E-state index contributed by atoms with van der Waals surface area (Å²) in [6.07, 6.45) is -4.52. The number of nitrogens with zero attached hydrogens (tertiary/aromatic N) is 1. The molecule has 0 saturated heterocycles. The van der Waals surface area contributed by atoms with Gasteiger partial charge >= 0.3 is 12.2 Å². The number of rotatable bonds is 5. The Bertz CT molecular complexity index is 1370. The van der Waals surface area contributed by atoms with Crippen LogP contribution in [0.2, 0.25) is 0 Å². The van der Waals surface area contributed by atoms with E-state index in [2.05, 4.69) is 10.6 Å². The molecule has 34 heavy (non-hydrogen) atoms. The molecule has 4 rings (SSSR count). The molecular weight excluding hydrogens is 451 g/mol. The molecule has 0 saturated carbocycles. The van der Waals surface area contributed by atoms with Gasteiger partial charge < -0.3 is 15.4 Å². The predicted octanol–water partition coefficient (Wildman–Crippen LogP) is 7.20. The maximum atomic E-state index is 12.9. The lowest BCUT2D eigenvalue weighted by atomic mass is 10.1. The van der Waals surface area contributed by atoms with Gasteiger partial charge in [0.15, 0.2) is 0 Å². The molecule has 0 bridgehead atoms. The Morgan fingerprint density at radius 2 is 1.53 bits per heavy atom. The summed E-state index contributed by atoms with van der Waals surface area (Å²) in [5, 5.41) is 17.1. The van der Waals surface area contributed by atoms with E-state index in [1.807, 2.05) is 0 Å². The number of nitro groups is 1. The second-order valence-corrected chi connectivity index (χ2v) is 7.17. The highest BCUT2D eigenvalue weighted by Gasteiger charge is 2.30. The van der Waals surface area contributed by atoms with E-state index < -0.39 is 22.7 Å². The van der Waals surface area contributed by atoms with Crippen LogP contribution in [0.5, 0.6) is 11.5 Å². The van der Waals surface area contributed by atoms with Crippen molar-refractivity contribution in [2.75, 3.05) is 10.6 Å². The van der Waals surface area contributed by atoms with E-state index in [1.54, 1.807) is 36.4 Å². The average molecular weight is 467 g/mol. The number of nitro benzene ring substituents is 1. The van der Waals surface area contributed by atoms with Gasteiger partial charge in [0.05, 0.1) is 16.2 Å². The number of ether oxygens (including phenoxy) is 1. The van der Waals surface area contributed by atoms with Crippen LogP contribution in [0, 0.1) is 10.1 Å². The Balaban J connectivity index is 1.55. The van der Waals surface area contributed by atoms with E-state index in [0.717, 1.165) is 12.1 Å². The van der Waals surface area contributed by atoms with E-state index >= 15 is 0 Å². The molecule has 7 nitrogen and oxygen atoms in total. The van der Waals surface area contributed by atoms with Crippen molar-refractivity contribution >= 4 is 33.9 Å². The molecule has 0 spiro atoms. The van der Waals surface area contributed by atoms with Gasteiger partial charge in [-0.1, -0.05) is 30.3 Å². The summed E-state index contributed by atoms with van der Waals surface area (Å²) in [6.45, 7) is 0. The van der Waals surface area contributed by atoms with Gasteiger partial charge in [0, 0.05) is 28.6 Å². The van der Waals surface area contributed by atoms with E-state index in [9.17, 15) is 28.1 Å². The average Bonchev–Trinajstić information content (AvgIpc) is 2.79. The van der Waals surface area contributed by atoms with Crippen LogP contribution < -0.4 is 15.4 Å². The normalized spacial score (nSPS) is 11.1. The number of nitrogens with one attached hydrogen (secondary N) is 2. The van der Waals surface area contributed by atoms with Gasteiger partial charge in [0.25, 0.3) is 5.69 Å². The molecule has 0 unspecified atom stereocenters. The molecule has 0 aliphatic carbocycles. The number of urea groups is 1. The molecule has 2 amide bonds. The van der Waals surface area contributed by atoms with E-state index in [-0.39, 0.29) is 11.4 Å². The highest BCUT2D eigenvalue weighted by Crippen LogP contribution is 2.34. The minimum absolute atomic E-state index is 0.00486. The fraction of sp³-hybridized carbons (Fsp3) is 0.0417. The first kappa shape index (κ1) is 22.6. The molecule has 0 radical (unpaired) electrons. The number of amides is 2. The Morgan fingerprint density at radius 3 is 2.24 bits per heavy atom. The number of alkyl halides is 3. The topological polar surface area (TPSA) is 93.5 Å². The summed E-state index contributed by atoms with van der Waals surface area (Å²) in [6, 6.07) is 19.5. The summed E-state index contributed by atoms with van der Waals surface area (Å²) >= 11 is 0. The van der Waals surface area contributed by atoms with Crippen LogP contribution in [0.15, 0.2) is 84.9 Å². The van der Waals surface area contributed by atoms with Crippen LogP contribution >= 0.6 is 0 Å². The summed E-state index contributed by atoms with van der Waals surface area (Å²) in [5.41, 5.74) is -0.530. The molecule has 0 aromatic heterocycles. The second-order valence-electron chi connectivity index (χ2n) is 7.17. The van der Waals surface area contributed by atoms with Crippen LogP contribution in [0.3, 0.4) is 0 Å². The van der Waals surface area contributed by atoms with Gasteiger partial charge in [-0.25, -0.2) is 4.79 Å². The Morgan fingerprint density at radius 1 is 0.853 bits per heavy atom. The van der Waals surface area contributed by atoms with E-state index in [4.69, 9.17) is 4.74 Å². The molecular formula is C24H16F3N3O4. The quantitative estimate of drug-likeness (QED) is 0.240. The minimum Gasteiger partial charge on any atom is -0.457 e. The van der Waals surface area contributed by atoms with Gasteiger partial charge in [-0.2, -0.15) is 13.2 Å². The van der Waals surface area contributed by atoms with Crippen LogP contribution in [0.1, 0.15) is 5.56 Å². The first-order valence-electron chi connectivity index (χ1n) is 9.90. The summed E-state index contributed by atoms with van der Waals surface area (Å²) < 4.78 is 44.6. The maximum absolute atomic E-state index is 12.9. The van der Waals surface area contributed by atoms with Crippen LogP contribution in [0.4, 0.5) is 35.0 Å². The predicted molar refractivity (Wildman–Crippen MR) is 121 cm³/mol. The van der Waals surface area contributed by atoms with Crippen LogP contribution in [-0.4, -0.2) is 11.0 Å². The number of halogens is 3. The smallest absolute Gasteiger partial charge is 0.416 e. The van der Waals surface area contributed by atoms with Crippen molar-refractivity contribution in [1.82, 2.24) is 0 Å². The Hall–Kier alpha value is -4.60. The lowest BCUT2D eigenvalue weighted by Gasteiger charge is -2.14. The molecule has 4 aromatic rings. The molecule has 0 fully saturated rings. The van der Waals surface area contributed by atoms with E-state index in [0.29, 0.717) is 28.0 Å². The second kappa shape index (κ2) is 9.10. The largest absolute Gasteiger partial charge is 0.457 e. The van der Waals surface area contributed by atoms with E-state index in [1.165, 1.54) is 36.4 Å². The fourth-order valence-electron chi connectivity index (χ4n) is 3.30. The zero-order valence-corrected chi connectivity index (χ0v) is 17.3. The van der Waals surface area contributed by atoms with Crippen molar-refractivity contribution in [2.45, 2.75) is 6.18 Å². The summed E-state index contributed by atoms with van der Waals surface area (Å²) in [7, 11) is 0. The number of anilines is 2.